The second-order valence-corrected chi connectivity index (χ2v) is 11.6. The van der Waals surface area contributed by atoms with Crippen molar-refractivity contribution in [1.82, 2.24) is 9.62 Å². The molecule has 0 aromatic heterocycles. The lowest BCUT2D eigenvalue weighted by atomic mass is 9.74. The van der Waals surface area contributed by atoms with E-state index in [4.69, 9.17) is 4.74 Å². The molecule has 0 radical (unpaired) electrons. The van der Waals surface area contributed by atoms with Gasteiger partial charge in [-0.05, 0) is 23.7 Å². The van der Waals surface area contributed by atoms with Crippen molar-refractivity contribution >= 4 is 15.9 Å². The third kappa shape index (κ3) is 2.42. The first-order chi connectivity index (χ1) is 11.4. The lowest BCUT2D eigenvalue weighted by molar-refractivity contribution is -0.134. The highest BCUT2D eigenvalue weighted by molar-refractivity contribution is 7.88. The highest BCUT2D eigenvalue weighted by atomic mass is 32.2. The SMILES string of the molecule is CC1(C)C(C(=O)N2C[C@@H]3[C@H](CNS(C)(=O)=O)[C@H]4CC[C@]3(C2)O4)C1(C)C. The predicted molar refractivity (Wildman–Crippen MR) is 94.3 cm³/mol. The Hall–Kier alpha value is -0.660. The Balaban J connectivity index is 1.50. The number of fused-ring (bicyclic) bond motifs is 1. The Morgan fingerprint density at radius 3 is 2.44 bits per heavy atom. The summed E-state index contributed by atoms with van der Waals surface area (Å²) in [5, 5.41) is 0. The van der Waals surface area contributed by atoms with E-state index in [2.05, 4.69) is 32.4 Å². The van der Waals surface area contributed by atoms with Crippen LogP contribution in [0.3, 0.4) is 0 Å². The zero-order valence-corrected chi connectivity index (χ0v) is 16.6. The number of nitrogens with zero attached hydrogens (tertiary/aromatic N) is 1. The second kappa shape index (κ2) is 4.98. The summed E-state index contributed by atoms with van der Waals surface area (Å²) in [6, 6.07) is 0. The van der Waals surface area contributed by atoms with Crippen LogP contribution in [0.1, 0.15) is 40.5 Å². The minimum Gasteiger partial charge on any atom is -0.369 e. The van der Waals surface area contributed by atoms with Gasteiger partial charge in [0.25, 0.3) is 0 Å². The number of rotatable bonds is 4. The van der Waals surface area contributed by atoms with Crippen LogP contribution in [0.2, 0.25) is 0 Å². The smallest absolute Gasteiger partial charge is 0.226 e. The van der Waals surface area contributed by atoms with Gasteiger partial charge in [0.05, 0.1) is 24.5 Å². The van der Waals surface area contributed by atoms with Gasteiger partial charge in [-0.15, -0.1) is 0 Å². The molecule has 4 atom stereocenters. The molecule has 1 amide bonds. The van der Waals surface area contributed by atoms with Gasteiger partial charge in [-0.25, -0.2) is 13.1 Å². The van der Waals surface area contributed by atoms with Gasteiger partial charge in [0.15, 0.2) is 0 Å². The Morgan fingerprint density at radius 1 is 1.24 bits per heavy atom. The molecule has 7 heteroatoms. The van der Waals surface area contributed by atoms with Crippen molar-refractivity contribution in [3.63, 3.8) is 0 Å². The summed E-state index contributed by atoms with van der Waals surface area (Å²) >= 11 is 0. The Morgan fingerprint density at radius 2 is 1.88 bits per heavy atom. The lowest BCUT2D eigenvalue weighted by Crippen LogP contribution is -2.41. The maximum absolute atomic E-state index is 13.1. The summed E-state index contributed by atoms with van der Waals surface area (Å²) in [5.41, 5.74) is -0.168. The van der Waals surface area contributed by atoms with E-state index in [1.165, 1.54) is 6.26 Å². The first kappa shape index (κ1) is 17.7. The van der Waals surface area contributed by atoms with Gasteiger partial charge in [0.2, 0.25) is 15.9 Å². The van der Waals surface area contributed by atoms with E-state index in [0.29, 0.717) is 19.6 Å². The summed E-state index contributed by atoms with van der Waals surface area (Å²) < 4.78 is 31.9. The molecule has 2 bridgehead atoms. The zero-order chi connectivity index (χ0) is 18.4. The van der Waals surface area contributed by atoms with Crippen LogP contribution in [0.15, 0.2) is 0 Å². The largest absolute Gasteiger partial charge is 0.369 e. The molecule has 0 unspecified atom stereocenters. The van der Waals surface area contributed by atoms with Crippen molar-refractivity contribution in [2.75, 3.05) is 25.9 Å². The molecule has 142 valence electrons. The molecule has 0 aromatic carbocycles. The zero-order valence-electron chi connectivity index (χ0n) is 15.8. The number of amides is 1. The average Bonchev–Trinajstić information content (AvgIpc) is 2.94. The molecule has 0 aromatic rings. The summed E-state index contributed by atoms with van der Waals surface area (Å²) in [6.45, 7) is 10.5. The van der Waals surface area contributed by atoms with E-state index in [-0.39, 0.29) is 46.2 Å². The normalized spacial score (nSPS) is 41.2. The van der Waals surface area contributed by atoms with E-state index in [1.807, 2.05) is 4.90 Å². The molecule has 1 saturated carbocycles. The highest BCUT2D eigenvalue weighted by Crippen LogP contribution is 2.69. The minimum absolute atomic E-state index is 0.0375. The molecule has 3 saturated heterocycles. The molecule has 3 heterocycles. The van der Waals surface area contributed by atoms with Gasteiger partial charge in [-0.2, -0.15) is 0 Å². The lowest BCUT2D eigenvalue weighted by Gasteiger charge is -2.29. The predicted octanol–water partition coefficient (Wildman–Crippen LogP) is 1.22. The Bertz CT molecular complexity index is 703. The number of hydrogen-bond donors (Lipinski definition) is 1. The van der Waals surface area contributed by atoms with Gasteiger partial charge in [-0.1, -0.05) is 27.7 Å². The van der Waals surface area contributed by atoms with Gasteiger partial charge in [0, 0.05) is 30.8 Å². The van der Waals surface area contributed by atoms with Crippen LogP contribution in [0.5, 0.6) is 0 Å². The number of carbonyl (C=O) groups is 1. The third-order valence-corrected chi connectivity index (χ3v) is 8.64. The molecule has 1 N–H and O–H groups in total. The maximum Gasteiger partial charge on any atom is 0.226 e. The van der Waals surface area contributed by atoms with Crippen LogP contribution < -0.4 is 4.72 Å². The standard InChI is InChI=1S/C18H30N2O4S/c1-16(2)14(17(16,3)4)15(21)20-9-12-11(8-19-25(5,22)23)13-6-7-18(12,10-20)24-13/h11-14,19H,6-10H2,1-5H3/t11-,12+,13+,18+/m0/s1. The van der Waals surface area contributed by atoms with E-state index in [1.54, 1.807) is 0 Å². The number of likely N-dealkylation sites (tertiary alicyclic amines) is 1. The van der Waals surface area contributed by atoms with Gasteiger partial charge < -0.3 is 9.64 Å². The monoisotopic (exact) mass is 370 g/mol. The summed E-state index contributed by atoms with van der Waals surface area (Å²) in [7, 11) is -3.21. The molecule has 6 nitrogen and oxygen atoms in total. The molecule has 25 heavy (non-hydrogen) atoms. The first-order valence-electron chi connectivity index (χ1n) is 9.30. The molecular formula is C18H30N2O4S. The summed E-state index contributed by atoms with van der Waals surface area (Å²) in [6.07, 6.45) is 3.28. The minimum atomic E-state index is -3.21. The van der Waals surface area contributed by atoms with E-state index in [0.717, 1.165) is 12.8 Å². The fourth-order valence-corrected chi connectivity index (χ4v) is 6.37. The molecule has 1 spiro atoms. The van der Waals surface area contributed by atoms with Gasteiger partial charge in [-0.3, -0.25) is 4.79 Å². The topological polar surface area (TPSA) is 75.7 Å². The molecular weight excluding hydrogens is 340 g/mol. The van der Waals surface area contributed by atoms with Gasteiger partial charge >= 0.3 is 0 Å². The number of nitrogens with one attached hydrogen (secondary N) is 1. The van der Waals surface area contributed by atoms with Crippen LogP contribution in [-0.2, 0) is 19.6 Å². The molecule has 1 aliphatic carbocycles. The summed E-state index contributed by atoms with van der Waals surface area (Å²) in [4.78, 5) is 15.1. The van der Waals surface area contributed by atoms with Crippen molar-refractivity contribution < 1.29 is 17.9 Å². The number of sulfonamides is 1. The van der Waals surface area contributed by atoms with E-state index < -0.39 is 10.0 Å². The third-order valence-electron chi connectivity index (χ3n) is 7.94. The van der Waals surface area contributed by atoms with Crippen LogP contribution >= 0.6 is 0 Å². The number of carbonyl (C=O) groups excluding carboxylic acids is 1. The molecule has 4 rings (SSSR count). The van der Waals surface area contributed by atoms with Crippen LogP contribution in [-0.4, -0.2) is 56.8 Å². The highest BCUT2D eigenvalue weighted by Gasteiger charge is 2.71. The van der Waals surface area contributed by atoms with Crippen molar-refractivity contribution in [3.05, 3.63) is 0 Å². The van der Waals surface area contributed by atoms with Crippen molar-refractivity contribution in [1.29, 1.82) is 0 Å². The van der Waals surface area contributed by atoms with Crippen LogP contribution in [0, 0.1) is 28.6 Å². The molecule has 4 aliphatic rings. The summed E-state index contributed by atoms with van der Waals surface area (Å²) in [5.74, 6) is 0.733. The Kier molecular flexibility index (Phi) is 3.54. The van der Waals surface area contributed by atoms with Crippen LogP contribution in [0.25, 0.3) is 0 Å². The first-order valence-corrected chi connectivity index (χ1v) is 11.2. The number of ether oxygens (including phenoxy) is 1. The van der Waals surface area contributed by atoms with Crippen molar-refractivity contribution in [3.8, 4) is 0 Å². The quantitative estimate of drug-likeness (QED) is 0.807. The molecule has 3 aliphatic heterocycles. The molecule has 4 fully saturated rings. The Labute approximate surface area is 150 Å². The van der Waals surface area contributed by atoms with Crippen molar-refractivity contribution in [2.45, 2.75) is 52.2 Å². The van der Waals surface area contributed by atoms with Crippen LogP contribution in [0.4, 0.5) is 0 Å². The maximum atomic E-state index is 13.1. The fraction of sp³-hybridized carbons (Fsp3) is 0.944. The average molecular weight is 371 g/mol. The van der Waals surface area contributed by atoms with Crippen molar-refractivity contribution in [2.24, 2.45) is 28.6 Å². The van der Waals surface area contributed by atoms with Gasteiger partial charge in [0.1, 0.15) is 0 Å². The van der Waals surface area contributed by atoms with E-state index in [9.17, 15) is 13.2 Å². The second-order valence-electron chi connectivity index (χ2n) is 9.75. The number of hydrogen-bond acceptors (Lipinski definition) is 4. The van der Waals surface area contributed by atoms with E-state index >= 15 is 0 Å². The fourth-order valence-electron chi connectivity index (χ4n) is 5.88.